The van der Waals surface area contributed by atoms with Crippen LogP contribution in [-0.2, 0) is 21.2 Å². The van der Waals surface area contributed by atoms with Crippen molar-refractivity contribution in [1.29, 1.82) is 0 Å². The zero-order valence-electron chi connectivity index (χ0n) is 16.6. The zero-order chi connectivity index (χ0) is 22.8. The topological polar surface area (TPSA) is 134 Å². The van der Waals surface area contributed by atoms with Gasteiger partial charge in [-0.3, -0.25) is 19.4 Å². The summed E-state index contributed by atoms with van der Waals surface area (Å²) < 4.78 is 54.9. The Morgan fingerprint density at radius 1 is 1.23 bits per heavy atom. The number of aromatic nitrogens is 3. The summed E-state index contributed by atoms with van der Waals surface area (Å²) in [5.41, 5.74) is -0.758. The first-order valence-electron chi connectivity index (χ1n) is 9.23. The Labute approximate surface area is 176 Å². The van der Waals surface area contributed by atoms with E-state index in [0.29, 0.717) is 17.4 Å². The van der Waals surface area contributed by atoms with Gasteiger partial charge in [0.15, 0.2) is 17.2 Å². The van der Waals surface area contributed by atoms with Gasteiger partial charge in [0.2, 0.25) is 15.9 Å². The lowest BCUT2D eigenvalue weighted by Crippen LogP contribution is -2.19. The molecule has 0 saturated heterocycles. The minimum absolute atomic E-state index is 0.250. The maximum absolute atomic E-state index is 14.8. The minimum Gasteiger partial charge on any atom is -0.311 e. The van der Waals surface area contributed by atoms with Gasteiger partial charge in [-0.2, -0.15) is 5.10 Å². The summed E-state index contributed by atoms with van der Waals surface area (Å²) in [6.07, 6.45) is 1.21. The molecule has 3 rings (SSSR count). The van der Waals surface area contributed by atoms with Crippen LogP contribution in [0.2, 0.25) is 0 Å². The molecular formula is C19H19F2N5O4S. The van der Waals surface area contributed by atoms with Crippen LogP contribution in [0.4, 0.5) is 20.3 Å². The second-order valence-electron chi connectivity index (χ2n) is 6.80. The lowest BCUT2D eigenvalue weighted by molar-refractivity contribution is -0.114. The van der Waals surface area contributed by atoms with Crippen LogP contribution >= 0.6 is 0 Å². The molecule has 0 bridgehead atoms. The highest BCUT2D eigenvalue weighted by Crippen LogP contribution is 2.25. The number of H-pyrrole nitrogens is 1. The van der Waals surface area contributed by atoms with Crippen molar-refractivity contribution in [3.63, 3.8) is 0 Å². The number of nitrogens with one attached hydrogen (secondary N) is 3. The molecular weight excluding hydrogens is 432 g/mol. The quantitative estimate of drug-likeness (QED) is 0.451. The number of carbonyl (C=O) groups is 2. The number of ketones is 1. The van der Waals surface area contributed by atoms with E-state index in [0.717, 1.165) is 12.1 Å². The maximum atomic E-state index is 14.8. The lowest BCUT2D eigenvalue weighted by atomic mass is 10.0. The number of rotatable bonds is 8. The molecule has 0 atom stereocenters. The summed E-state index contributed by atoms with van der Waals surface area (Å²) in [5.74, 6) is -3.64. The van der Waals surface area contributed by atoms with Gasteiger partial charge >= 0.3 is 0 Å². The van der Waals surface area contributed by atoms with Gasteiger partial charge in [0.25, 0.3) is 0 Å². The van der Waals surface area contributed by atoms with E-state index in [2.05, 4.69) is 20.5 Å². The standard InChI is InChI=1S/C19H19F2N5O4S/c1-3-6-31(29,30)26-14-5-4-13(20)16(17(14)21)15(28)8-11-7-12-18(22-9-11)24-25-19(12)23-10(2)27/h4-5,7,9,26H,3,6,8H2,1-2H3,(H2,22,23,24,25,27). The molecule has 0 aliphatic heterocycles. The van der Waals surface area contributed by atoms with E-state index in [1.165, 1.54) is 19.2 Å². The van der Waals surface area contributed by atoms with Crippen LogP contribution in [0.3, 0.4) is 0 Å². The van der Waals surface area contributed by atoms with Gasteiger partial charge in [0.1, 0.15) is 11.6 Å². The van der Waals surface area contributed by atoms with Crippen LogP contribution in [0, 0.1) is 11.6 Å². The first kappa shape index (κ1) is 22.3. The number of sulfonamides is 1. The highest BCUT2D eigenvalue weighted by Gasteiger charge is 2.23. The highest BCUT2D eigenvalue weighted by atomic mass is 32.2. The third kappa shape index (κ3) is 5.02. The van der Waals surface area contributed by atoms with E-state index >= 15 is 0 Å². The number of pyridine rings is 1. The predicted molar refractivity (Wildman–Crippen MR) is 110 cm³/mol. The number of Topliss-reactive ketones (excluding diaryl/α,β-unsaturated/α-hetero) is 1. The fourth-order valence-corrected chi connectivity index (χ4v) is 4.09. The largest absolute Gasteiger partial charge is 0.311 e. The number of fused-ring (bicyclic) bond motifs is 1. The van der Waals surface area contributed by atoms with Gasteiger partial charge in [-0.1, -0.05) is 6.92 Å². The molecule has 12 heteroatoms. The van der Waals surface area contributed by atoms with Crippen LogP contribution in [0.5, 0.6) is 0 Å². The molecule has 1 aromatic carbocycles. The molecule has 2 aromatic heterocycles. The molecule has 3 N–H and O–H groups in total. The van der Waals surface area contributed by atoms with Gasteiger partial charge in [-0.25, -0.2) is 22.2 Å². The number of benzene rings is 1. The molecule has 9 nitrogen and oxygen atoms in total. The average Bonchev–Trinajstić information content (AvgIpc) is 3.05. The van der Waals surface area contributed by atoms with Crippen LogP contribution in [0.25, 0.3) is 11.0 Å². The first-order valence-corrected chi connectivity index (χ1v) is 10.9. The molecule has 164 valence electrons. The normalized spacial score (nSPS) is 11.5. The van der Waals surface area contributed by atoms with E-state index in [-0.39, 0.29) is 23.1 Å². The summed E-state index contributed by atoms with van der Waals surface area (Å²) in [5, 5.41) is 9.47. The fourth-order valence-electron chi connectivity index (χ4n) is 2.96. The van der Waals surface area contributed by atoms with Crippen molar-refractivity contribution in [3.05, 3.63) is 47.2 Å². The molecule has 1 amide bonds. The number of hydrogen-bond donors (Lipinski definition) is 3. The van der Waals surface area contributed by atoms with Gasteiger partial charge in [0.05, 0.1) is 22.4 Å². The smallest absolute Gasteiger partial charge is 0.232 e. The van der Waals surface area contributed by atoms with Crippen molar-refractivity contribution in [1.82, 2.24) is 15.2 Å². The second-order valence-corrected chi connectivity index (χ2v) is 8.64. The first-order chi connectivity index (χ1) is 14.6. The summed E-state index contributed by atoms with van der Waals surface area (Å²) >= 11 is 0. The molecule has 0 fully saturated rings. The van der Waals surface area contributed by atoms with Crippen LogP contribution < -0.4 is 10.0 Å². The lowest BCUT2D eigenvalue weighted by Gasteiger charge is -2.11. The molecule has 0 aliphatic carbocycles. The molecule has 0 unspecified atom stereocenters. The zero-order valence-corrected chi connectivity index (χ0v) is 17.4. The average molecular weight is 451 g/mol. The number of amides is 1. The Morgan fingerprint density at radius 3 is 2.65 bits per heavy atom. The number of carbonyl (C=O) groups excluding carboxylic acids is 2. The van der Waals surface area contributed by atoms with Crippen LogP contribution in [0.1, 0.15) is 36.2 Å². The summed E-state index contributed by atoms with van der Waals surface area (Å²) in [4.78, 5) is 28.0. The number of hydrogen-bond acceptors (Lipinski definition) is 6. The minimum atomic E-state index is -3.83. The Hall–Kier alpha value is -3.41. The fraction of sp³-hybridized carbons (Fsp3) is 0.263. The van der Waals surface area contributed by atoms with Crippen LogP contribution in [-0.4, -0.2) is 41.0 Å². The Balaban J connectivity index is 1.91. The third-order valence-electron chi connectivity index (χ3n) is 4.24. The third-order valence-corrected chi connectivity index (χ3v) is 5.72. The van der Waals surface area contributed by atoms with Crippen molar-refractivity contribution < 1.29 is 26.8 Å². The van der Waals surface area contributed by atoms with Gasteiger partial charge < -0.3 is 5.32 Å². The van der Waals surface area contributed by atoms with E-state index in [1.807, 2.05) is 4.72 Å². The molecule has 3 aromatic rings. The monoisotopic (exact) mass is 451 g/mol. The summed E-state index contributed by atoms with van der Waals surface area (Å²) in [6.45, 7) is 2.94. The van der Waals surface area contributed by atoms with Crippen molar-refractivity contribution in [2.75, 3.05) is 15.8 Å². The molecule has 0 radical (unpaired) electrons. The Morgan fingerprint density at radius 2 is 1.97 bits per heavy atom. The Bertz CT molecular complexity index is 1270. The highest BCUT2D eigenvalue weighted by molar-refractivity contribution is 7.92. The van der Waals surface area contributed by atoms with Gasteiger partial charge in [-0.05, 0) is 30.2 Å². The Kier molecular flexibility index (Phi) is 6.29. The van der Waals surface area contributed by atoms with E-state index in [1.54, 1.807) is 6.92 Å². The summed E-state index contributed by atoms with van der Waals surface area (Å²) in [6, 6.07) is 3.26. The van der Waals surface area contributed by atoms with Crippen molar-refractivity contribution in [2.24, 2.45) is 0 Å². The van der Waals surface area contributed by atoms with E-state index in [4.69, 9.17) is 0 Å². The number of aromatic amines is 1. The molecule has 31 heavy (non-hydrogen) atoms. The second kappa shape index (κ2) is 8.76. The molecule has 2 heterocycles. The van der Waals surface area contributed by atoms with Crippen molar-refractivity contribution in [2.45, 2.75) is 26.7 Å². The molecule has 0 saturated carbocycles. The predicted octanol–water partition coefficient (Wildman–Crippen LogP) is 2.77. The van der Waals surface area contributed by atoms with E-state index in [9.17, 15) is 26.8 Å². The van der Waals surface area contributed by atoms with Gasteiger partial charge in [-0.15, -0.1) is 0 Å². The SMILES string of the molecule is CCCS(=O)(=O)Nc1ccc(F)c(C(=O)Cc2cnc3n[nH]c(NC(C)=O)c3c2)c1F. The van der Waals surface area contributed by atoms with E-state index < -0.39 is 45.1 Å². The number of halogens is 2. The summed E-state index contributed by atoms with van der Waals surface area (Å²) in [7, 11) is -3.83. The molecule has 0 aliphatic rings. The number of nitrogens with zero attached hydrogens (tertiary/aromatic N) is 2. The van der Waals surface area contributed by atoms with Gasteiger partial charge in [0, 0.05) is 19.5 Å². The van der Waals surface area contributed by atoms with Crippen molar-refractivity contribution in [3.8, 4) is 0 Å². The van der Waals surface area contributed by atoms with Crippen LogP contribution in [0.15, 0.2) is 24.4 Å². The van der Waals surface area contributed by atoms with Crippen molar-refractivity contribution >= 4 is 44.3 Å². The molecule has 0 spiro atoms. The number of anilines is 2. The maximum Gasteiger partial charge on any atom is 0.232 e.